The van der Waals surface area contributed by atoms with Gasteiger partial charge in [-0.05, 0) is 66.3 Å². The van der Waals surface area contributed by atoms with Crippen molar-refractivity contribution in [2.45, 2.75) is 20.0 Å². The van der Waals surface area contributed by atoms with Gasteiger partial charge < -0.3 is 9.47 Å². The van der Waals surface area contributed by atoms with Gasteiger partial charge in [0, 0.05) is 22.2 Å². The van der Waals surface area contributed by atoms with E-state index in [0.717, 1.165) is 13.8 Å². The summed E-state index contributed by atoms with van der Waals surface area (Å²) in [5.41, 5.74) is 3.20. The Hall–Kier alpha value is -2.73. The van der Waals surface area contributed by atoms with E-state index in [2.05, 4.69) is 33.1 Å². The van der Waals surface area contributed by atoms with E-state index in [4.69, 9.17) is 9.47 Å². The Labute approximate surface area is 190 Å². The number of rotatable bonds is 7. The normalized spacial score (nSPS) is 11.2. The molecule has 0 bridgehead atoms. The number of halogens is 1. The summed E-state index contributed by atoms with van der Waals surface area (Å²) in [7, 11) is 1.56. The molecule has 0 aliphatic carbocycles. The van der Waals surface area contributed by atoms with Gasteiger partial charge in [-0.25, -0.2) is 5.43 Å². The highest BCUT2D eigenvalue weighted by Crippen LogP contribution is 2.34. The fourth-order valence-electron chi connectivity index (χ4n) is 2.64. The first kappa shape index (κ1) is 22.0. The number of non-ortho nitro benzene ring substituents is 1. The minimum atomic E-state index is -0.464. The number of benzene rings is 2. The Balaban J connectivity index is 1.75. The number of ether oxygens (including phenoxy) is 2. The zero-order valence-electron chi connectivity index (χ0n) is 16.3. The van der Waals surface area contributed by atoms with E-state index in [1.165, 1.54) is 29.7 Å². The van der Waals surface area contributed by atoms with Crippen LogP contribution in [0.5, 0.6) is 11.5 Å². The van der Waals surface area contributed by atoms with Crippen molar-refractivity contribution in [3.05, 3.63) is 60.5 Å². The fourth-order valence-corrected chi connectivity index (χ4v) is 4.33. The standard InChI is InChI=1S/C20H18IN3O5S/c1-11(2)29-19-15(21)6-12(7-16(19)28-3)10-22-23-20(25)18-9-13-8-14(24(26)27)4-5-17(13)30-18/h4-11H,1-3H3,(H,23,25)/b22-10-. The Kier molecular flexibility index (Phi) is 6.87. The van der Waals surface area contributed by atoms with Crippen molar-refractivity contribution in [1.82, 2.24) is 5.43 Å². The van der Waals surface area contributed by atoms with Gasteiger partial charge >= 0.3 is 0 Å². The highest BCUT2D eigenvalue weighted by molar-refractivity contribution is 14.1. The zero-order valence-corrected chi connectivity index (χ0v) is 19.3. The molecule has 30 heavy (non-hydrogen) atoms. The third-order valence-corrected chi connectivity index (χ3v) is 5.84. The van der Waals surface area contributed by atoms with E-state index >= 15 is 0 Å². The molecule has 2 aromatic carbocycles. The van der Waals surface area contributed by atoms with Crippen LogP contribution < -0.4 is 14.9 Å². The number of nitro groups is 1. The van der Waals surface area contributed by atoms with Gasteiger partial charge in [0.15, 0.2) is 11.5 Å². The molecule has 10 heteroatoms. The van der Waals surface area contributed by atoms with Crippen molar-refractivity contribution in [3.8, 4) is 11.5 Å². The maximum Gasteiger partial charge on any atom is 0.281 e. The first-order valence-electron chi connectivity index (χ1n) is 8.84. The van der Waals surface area contributed by atoms with Gasteiger partial charge in [-0.2, -0.15) is 5.10 Å². The van der Waals surface area contributed by atoms with E-state index in [1.54, 1.807) is 25.3 Å². The van der Waals surface area contributed by atoms with E-state index in [-0.39, 0.29) is 11.8 Å². The summed E-state index contributed by atoms with van der Waals surface area (Å²) in [5, 5.41) is 15.6. The van der Waals surface area contributed by atoms with Crippen molar-refractivity contribution < 1.29 is 19.2 Å². The summed E-state index contributed by atoms with van der Waals surface area (Å²) in [6.45, 7) is 3.87. The number of nitro benzene ring substituents is 1. The molecule has 0 aliphatic rings. The lowest BCUT2D eigenvalue weighted by atomic mass is 10.2. The fraction of sp³-hybridized carbons (Fsp3) is 0.200. The molecule has 156 valence electrons. The van der Waals surface area contributed by atoms with Crippen LogP contribution in [0.15, 0.2) is 41.5 Å². The van der Waals surface area contributed by atoms with E-state index in [0.29, 0.717) is 21.8 Å². The molecule has 0 atom stereocenters. The average Bonchev–Trinajstić information content (AvgIpc) is 3.12. The van der Waals surface area contributed by atoms with Gasteiger partial charge in [0.1, 0.15) is 0 Å². The Morgan fingerprint density at radius 3 is 2.73 bits per heavy atom. The maximum absolute atomic E-state index is 12.4. The van der Waals surface area contributed by atoms with Crippen LogP contribution in [0.2, 0.25) is 0 Å². The van der Waals surface area contributed by atoms with E-state index in [1.807, 2.05) is 19.9 Å². The molecular formula is C20H18IN3O5S. The second-order valence-corrected chi connectivity index (χ2v) is 8.74. The van der Waals surface area contributed by atoms with Crippen LogP contribution in [-0.4, -0.2) is 30.3 Å². The van der Waals surface area contributed by atoms with Crippen LogP contribution in [0.4, 0.5) is 5.69 Å². The van der Waals surface area contributed by atoms with Crippen LogP contribution in [-0.2, 0) is 0 Å². The minimum Gasteiger partial charge on any atom is -0.493 e. The number of methoxy groups -OCH3 is 1. The van der Waals surface area contributed by atoms with E-state index < -0.39 is 10.8 Å². The van der Waals surface area contributed by atoms with Crippen LogP contribution in [0.1, 0.15) is 29.1 Å². The third kappa shape index (κ3) is 5.05. The largest absolute Gasteiger partial charge is 0.493 e. The first-order chi connectivity index (χ1) is 14.3. The van der Waals surface area contributed by atoms with Crippen molar-refractivity contribution in [1.29, 1.82) is 0 Å². The lowest BCUT2D eigenvalue weighted by Crippen LogP contribution is -2.16. The molecule has 0 aliphatic heterocycles. The number of fused-ring (bicyclic) bond motifs is 1. The van der Waals surface area contributed by atoms with Crippen LogP contribution in [0, 0.1) is 13.7 Å². The van der Waals surface area contributed by atoms with Crippen molar-refractivity contribution in [2.24, 2.45) is 5.10 Å². The highest BCUT2D eigenvalue weighted by Gasteiger charge is 2.14. The van der Waals surface area contributed by atoms with Crippen molar-refractivity contribution >= 4 is 61.8 Å². The summed E-state index contributed by atoms with van der Waals surface area (Å²) in [6.07, 6.45) is 1.52. The van der Waals surface area contributed by atoms with Gasteiger partial charge in [-0.3, -0.25) is 14.9 Å². The van der Waals surface area contributed by atoms with Gasteiger partial charge in [-0.15, -0.1) is 11.3 Å². The van der Waals surface area contributed by atoms with E-state index in [9.17, 15) is 14.9 Å². The molecule has 3 rings (SSSR count). The number of carbonyl (C=O) groups is 1. The van der Waals surface area contributed by atoms with Crippen molar-refractivity contribution in [3.63, 3.8) is 0 Å². The number of hydrazone groups is 1. The molecule has 0 unspecified atom stereocenters. The molecule has 3 aromatic rings. The van der Waals surface area contributed by atoms with Gasteiger partial charge in [0.2, 0.25) is 0 Å². The number of carbonyl (C=O) groups excluding carboxylic acids is 1. The number of nitrogens with zero attached hydrogens (tertiary/aromatic N) is 2. The summed E-state index contributed by atoms with van der Waals surface area (Å²) in [6, 6.07) is 9.75. The molecular weight excluding hydrogens is 521 g/mol. The van der Waals surface area contributed by atoms with Crippen LogP contribution in [0.25, 0.3) is 10.1 Å². The Bertz CT molecular complexity index is 1140. The van der Waals surface area contributed by atoms with Crippen LogP contribution in [0.3, 0.4) is 0 Å². The van der Waals surface area contributed by atoms with Gasteiger partial charge in [-0.1, -0.05) is 0 Å². The molecule has 1 amide bonds. The summed E-state index contributed by atoms with van der Waals surface area (Å²) >= 11 is 3.40. The molecule has 0 radical (unpaired) electrons. The smallest absolute Gasteiger partial charge is 0.281 e. The zero-order chi connectivity index (χ0) is 21.8. The molecule has 1 aromatic heterocycles. The third-order valence-electron chi connectivity index (χ3n) is 3.92. The summed E-state index contributed by atoms with van der Waals surface area (Å²) in [5.74, 6) is 0.847. The minimum absolute atomic E-state index is 0.00830. The second-order valence-electron chi connectivity index (χ2n) is 6.49. The predicted molar refractivity (Wildman–Crippen MR) is 125 cm³/mol. The lowest BCUT2D eigenvalue weighted by molar-refractivity contribution is -0.384. The SMILES string of the molecule is COc1cc(/C=N\NC(=O)c2cc3cc([N+](=O)[O-])ccc3s2)cc(I)c1OC(C)C. The monoisotopic (exact) mass is 539 g/mol. The number of amides is 1. The first-order valence-corrected chi connectivity index (χ1v) is 10.7. The molecule has 0 fully saturated rings. The highest BCUT2D eigenvalue weighted by atomic mass is 127. The average molecular weight is 539 g/mol. The molecule has 8 nitrogen and oxygen atoms in total. The van der Waals surface area contributed by atoms with Crippen molar-refractivity contribution in [2.75, 3.05) is 7.11 Å². The number of hydrogen-bond acceptors (Lipinski definition) is 7. The Morgan fingerprint density at radius 1 is 1.30 bits per heavy atom. The summed E-state index contributed by atoms with van der Waals surface area (Å²) in [4.78, 5) is 23.2. The number of hydrogen-bond donors (Lipinski definition) is 1. The topological polar surface area (TPSA) is 103 Å². The molecule has 1 N–H and O–H groups in total. The molecule has 0 saturated carbocycles. The number of thiophene rings is 1. The quantitative estimate of drug-likeness (QED) is 0.198. The second kappa shape index (κ2) is 9.39. The molecule has 1 heterocycles. The Morgan fingerprint density at radius 2 is 2.07 bits per heavy atom. The summed E-state index contributed by atoms with van der Waals surface area (Å²) < 4.78 is 12.8. The number of nitrogens with one attached hydrogen (secondary N) is 1. The van der Waals surface area contributed by atoms with Gasteiger partial charge in [0.05, 0.1) is 32.8 Å². The van der Waals surface area contributed by atoms with Crippen LogP contribution >= 0.6 is 33.9 Å². The molecule has 0 saturated heterocycles. The lowest BCUT2D eigenvalue weighted by Gasteiger charge is -2.15. The molecule has 0 spiro atoms. The predicted octanol–water partition coefficient (Wildman–Crippen LogP) is 4.97. The maximum atomic E-state index is 12.4. The van der Waals surface area contributed by atoms with Gasteiger partial charge in [0.25, 0.3) is 11.6 Å².